The van der Waals surface area contributed by atoms with Crippen LogP contribution in [0.3, 0.4) is 0 Å². The fourth-order valence-corrected chi connectivity index (χ4v) is 0.568. The predicted octanol–water partition coefficient (Wildman–Crippen LogP) is 0.892. The minimum atomic E-state index is -0.364. The zero-order chi connectivity index (χ0) is 7.98. The van der Waals surface area contributed by atoms with Gasteiger partial charge in [0, 0.05) is 18.0 Å². The van der Waals surface area contributed by atoms with Crippen molar-refractivity contribution in [2.45, 2.75) is 19.4 Å². The summed E-state index contributed by atoms with van der Waals surface area (Å²) < 4.78 is 4.98. The molecule has 0 aromatic carbocycles. The lowest BCUT2D eigenvalue weighted by atomic mass is 10.3. The van der Waals surface area contributed by atoms with Gasteiger partial charge >= 0.3 is 0 Å². The van der Waals surface area contributed by atoms with E-state index in [1.165, 1.54) is 0 Å². The van der Waals surface area contributed by atoms with Gasteiger partial charge < -0.3 is 4.74 Å². The molecule has 1 unspecified atom stereocenters. The summed E-state index contributed by atoms with van der Waals surface area (Å²) in [6.45, 7) is 5.91. The van der Waals surface area contributed by atoms with Gasteiger partial charge in [-0.25, -0.2) is 0 Å². The van der Waals surface area contributed by atoms with Crippen molar-refractivity contribution in [1.29, 1.82) is 0 Å². The summed E-state index contributed by atoms with van der Waals surface area (Å²) in [7, 11) is 0. The molecule has 0 aliphatic carbocycles. The molecule has 10 heavy (non-hydrogen) atoms. The molecule has 0 saturated carbocycles. The fourth-order valence-electron chi connectivity index (χ4n) is 0.568. The average molecular weight is 146 g/mol. The quantitative estimate of drug-likeness (QED) is 0.427. The molecule has 0 heterocycles. The number of hydrogen-bond acceptors (Lipinski definition) is 3. The van der Waals surface area contributed by atoms with Crippen molar-refractivity contribution in [2.75, 3.05) is 13.2 Å². The van der Waals surface area contributed by atoms with Gasteiger partial charge in [-0.3, -0.25) is 10.1 Å². The summed E-state index contributed by atoms with van der Waals surface area (Å²) in [4.78, 5) is 9.47. The first-order valence-corrected chi connectivity index (χ1v) is 3.23. The molecule has 0 saturated heterocycles. The average Bonchev–Trinajstić information content (AvgIpc) is 1.85. The molecule has 1 atom stereocenters. The van der Waals surface area contributed by atoms with E-state index >= 15 is 0 Å². The van der Waals surface area contributed by atoms with Crippen LogP contribution in [0.1, 0.15) is 13.3 Å². The van der Waals surface area contributed by atoms with Crippen molar-refractivity contribution in [1.82, 2.24) is 0 Å². The Morgan fingerprint density at radius 2 is 2.40 bits per heavy atom. The molecule has 0 aliphatic heterocycles. The van der Waals surface area contributed by atoms with Gasteiger partial charge in [0.1, 0.15) is 0 Å². The van der Waals surface area contributed by atoms with Gasteiger partial charge in [0.05, 0.1) is 6.10 Å². The van der Waals surface area contributed by atoms with E-state index in [-0.39, 0.29) is 17.6 Å². The number of rotatable bonds is 5. The summed E-state index contributed by atoms with van der Waals surface area (Å²) in [5.41, 5.74) is 0. The van der Waals surface area contributed by atoms with E-state index in [4.69, 9.17) is 4.74 Å². The molecule has 59 valence electrons. The Kier molecular flexibility index (Phi) is 4.84. The molecule has 0 spiro atoms. The molecule has 0 aromatic rings. The van der Waals surface area contributed by atoms with Crippen LogP contribution < -0.4 is 0 Å². The van der Waals surface area contributed by atoms with Crippen molar-refractivity contribution >= 4 is 0 Å². The highest BCUT2D eigenvalue weighted by Gasteiger charge is 2.04. The highest BCUT2D eigenvalue weighted by Crippen LogP contribution is 1.95. The summed E-state index contributed by atoms with van der Waals surface area (Å²) in [5, 5.41) is 9.83. The van der Waals surface area contributed by atoms with E-state index in [0.29, 0.717) is 13.0 Å². The lowest BCUT2D eigenvalue weighted by Gasteiger charge is -2.06. The van der Waals surface area contributed by atoms with Gasteiger partial charge in [0.15, 0.2) is 0 Å². The van der Waals surface area contributed by atoms with Gasteiger partial charge in [-0.15, -0.1) is 0 Å². The molecule has 0 aliphatic rings. The Morgan fingerprint density at radius 1 is 1.80 bits per heavy atom. The number of nitrogens with zero attached hydrogens (tertiary/aromatic N) is 1. The van der Waals surface area contributed by atoms with E-state index in [1.807, 2.05) is 6.92 Å². The molecular weight excluding hydrogens is 134 g/mol. The van der Waals surface area contributed by atoms with Crippen molar-refractivity contribution in [3.05, 3.63) is 17.0 Å². The Labute approximate surface area is 60.3 Å². The maximum absolute atomic E-state index is 9.83. The number of hydrogen-bond donors (Lipinski definition) is 0. The maximum Gasteiger partial charge on any atom is 0.206 e. The molecule has 0 bridgehead atoms. The van der Waals surface area contributed by atoms with Gasteiger partial charge in [-0.05, 0) is 13.8 Å². The van der Waals surface area contributed by atoms with E-state index < -0.39 is 0 Å². The molecule has 0 amide bonds. The number of ether oxygens (including phenoxy) is 1. The van der Waals surface area contributed by atoms with Crippen LogP contribution in [0, 0.1) is 17.0 Å². The minimum Gasteiger partial charge on any atom is -0.378 e. The lowest BCUT2D eigenvalue weighted by molar-refractivity contribution is -0.481. The van der Waals surface area contributed by atoms with Gasteiger partial charge in [-0.1, -0.05) is 0 Å². The smallest absolute Gasteiger partial charge is 0.206 e. The molecule has 0 fully saturated rings. The van der Waals surface area contributed by atoms with Crippen molar-refractivity contribution in [2.24, 2.45) is 0 Å². The monoisotopic (exact) mass is 146 g/mol. The molecule has 0 aromatic heterocycles. The fraction of sp³-hybridized carbons (Fsp3) is 0.833. The van der Waals surface area contributed by atoms with Crippen molar-refractivity contribution in [3.8, 4) is 0 Å². The molecule has 4 heteroatoms. The molecule has 0 N–H and O–H groups in total. The summed E-state index contributed by atoms with van der Waals surface area (Å²) in [5.74, 6) is 0. The highest BCUT2D eigenvalue weighted by molar-refractivity contribution is 4.57. The largest absolute Gasteiger partial charge is 0.378 e. The van der Waals surface area contributed by atoms with Crippen LogP contribution in [0.2, 0.25) is 0 Å². The molecule has 4 nitrogen and oxygen atoms in total. The SMILES string of the molecule is [CH2]C(CC[N+](=O)[O-])OCC. The van der Waals surface area contributed by atoms with Crippen molar-refractivity contribution < 1.29 is 9.66 Å². The van der Waals surface area contributed by atoms with Crippen LogP contribution in [-0.4, -0.2) is 24.2 Å². The zero-order valence-electron chi connectivity index (χ0n) is 6.08. The standard InChI is InChI=1S/C6H12NO3/c1-3-10-6(2)4-5-7(8)9/h6H,2-5H2,1H3. The third kappa shape index (κ3) is 5.50. The van der Waals surface area contributed by atoms with Crippen molar-refractivity contribution in [3.63, 3.8) is 0 Å². The number of nitro groups is 1. The Morgan fingerprint density at radius 3 is 2.80 bits per heavy atom. The summed E-state index contributed by atoms with van der Waals surface area (Å²) >= 11 is 0. The Balaban J connectivity index is 3.21. The van der Waals surface area contributed by atoms with E-state index in [1.54, 1.807) is 0 Å². The first-order valence-electron chi connectivity index (χ1n) is 3.23. The lowest BCUT2D eigenvalue weighted by Crippen LogP contribution is -2.14. The van der Waals surface area contributed by atoms with E-state index in [2.05, 4.69) is 6.92 Å². The van der Waals surface area contributed by atoms with Crippen LogP contribution in [0.15, 0.2) is 0 Å². The second-order valence-corrected chi connectivity index (χ2v) is 1.92. The van der Waals surface area contributed by atoms with Crippen LogP contribution in [0.4, 0.5) is 0 Å². The second-order valence-electron chi connectivity index (χ2n) is 1.92. The minimum absolute atomic E-state index is 0.0613. The normalized spacial score (nSPS) is 13.0. The first-order chi connectivity index (χ1) is 4.66. The van der Waals surface area contributed by atoms with Gasteiger partial charge in [0.25, 0.3) is 0 Å². The maximum atomic E-state index is 9.83. The topological polar surface area (TPSA) is 52.4 Å². The third-order valence-electron chi connectivity index (χ3n) is 1.04. The Hall–Kier alpha value is -0.640. The Bertz CT molecular complexity index is 105. The van der Waals surface area contributed by atoms with Crippen LogP contribution in [0.25, 0.3) is 0 Å². The van der Waals surface area contributed by atoms with Crippen LogP contribution in [-0.2, 0) is 4.74 Å². The molecule has 0 rings (SSSR count). The third-order valence-corrected chi connectivity index (χ3v) is 1.04. The van der Waals surface area contributed by atoms with Crippen LogP contribution in [0.5, 0.6) is 0 Å². The highest BCUT2D eigenvalue weighted by atomic mass is 16.6. The van der Waals surface area contributed by atoms with Gasteiger partial charge in [-0.2, -0.15) is 0 Å². The zero-order valence-corrected chi connectivity index (χ0v) is 6.08. The second kappa shape index (κ2) is 5.17. The molecular formula is C6H12NO3. The van der Waals surface area contributed by atoms with E-state index in [0.717, 1.165) is 0 Å². The first kappa shape index (κ1) is 9.36. The molecule has 1 radical (unpaired) electrons. The summed E-state index contributed by atoms with van der Waals surface area (Å²) in [6.07, 6.45) is 0.149. The van der Waals surface area contributed by atoms with E-state index in [9.17, 15) is 10.1 Å². The summed E-state index contributed by atoms with van der Waals surface area (Å²) in [6, 6.07) is 0. The predicted molar refractivity (Wildman–Crippen MR) is 37.2 cm³/mol. The van der Waals surface area contributed by atoms with Crippen LogP contribution >= 0.6 is 0 Å². The van der Waals surface area contributed by atoms with Gasteiger partial charge in [0.2, 0.25) is 6.54 Å².